The number of nitrogens with one attached hydrogen (secondary N) is 1. The summed E-state index contributed by atoms with van der Waals surface area (Å²) in [6.07, 6.45) is -5.87. The molecule has 0 aromatic heterocycles. The number of benzene rings is 1. The third-order valence-corrected chi connectivity index (χ3v) is 2.69. The Balaban J connectivity index is 2.89. The van der Waals surface area contributed by atoms with E-state index in [-0.39, 0.29) is 5.56 Å². The van der Waals surface area contributed by atoms with Crippen molar-refractivity contribution in [3.63, 3.8) is 0 Å². The number of carboxylic acids is 1. The average Bonchev–Trinajstić information content (AvgIpc) is 2.30. The number of carbonyl (C=O) groups excluding carboxylic acids is 1. The Morgan fingerprint density at radius 2 is 1.80 bits per heavy atom. The lowest BCUT2D eigenvalue weighted by molar-refractivity contribution is -0.206. The highest BCUT2D eigenvalue weighted by Crippen LogP contribution is 2.30. The van der Waals surface area contributed by atoms with Crippen molar-refractivity contribution in [2.45, 2.75) is 25.1 Å². The molecule has 0 aliphatic rings. The lowest BCUT2D eigenvalue weighted by Gasteiger charge is -2.28. The largest absolute Gasteiger partial charge is 0.479 e. The first kappa shape index (κ1) is 15.9. The molecule has 0 aliphatic carbocycles. The van der Waals surface area contributed by atoms with Crippen LogP contribution < -0.4 is 5.32 Å². The molecular weight excluding hydrogens is 282 g/mol. The number of rotatable bonds is 4. The zero-order valence-electron chi connectivity index (χ0n) is 10.3. The van der Waals surface area contributed by atoms with Crippen molar-refractivity contribution in [2.24, 2.45) is 0 Å². The van der Waals surface area contributed by atoms with Gasteiger partial charge in [-0.15, -0.1) is 0 Å². The molecule has 0 fully saturated rings. The summed E-state index contributed by atoms with van der Waals surface area (Å²) in [5, 5.41) is 10.0. The van der Waals surface area contributed by atoms with E-state index in [2.05, 4.69) is 0 Å². The van der Waals surface area contributed by atoms with Crippen LogP contribution in [0.2, 0.25) is 0 Å². The van der Waals surface area contributed by atoms with Gasteiger partial charge in [0.05, 0.1) is 6.42 Å². The van der Waals surface area contributed by atoms with Gasteiger partial charge in [-0.1, -0.05) is 18.2 Å². The second-order valence-electron chi connectivity index (χ2n) is 4.24. The third-order valence-electron chi connectivity index (χ3n) is 2.69. The summed E-state index contributed by atoms with van der Waals surface area (Å²) in [5.41, 5.74) is -3.55. The fourth-order valence-electron chi connectivity index (χ4n) is 1.38. The number of amides is 1. The Labute approximate surface area is 111 Å². The molecule has 20 heavy (non-hydrogen) atoms. The van der Waals surface area contributed by atoms with Crippen molar-refractivity contribution in [1.29, 1.82) is 0 Å². The summed E-state index contributed by atoms with van der Waals surface area (Å²) in [4.78, 5) is 22.2. The average molecular weight is 293 g/mol. The molecule has 1 aromatic rings. The fourth-order valence-corrected chi connectivity index (χ4v) is 1.38. The molecule has 1 aromatic carbocycles. The zero-order chi connectivity index (χ0) is 15.6. The summed E-state index contributed by atoms with van der Waals surface area (Å²) in [6, 6.07) is 5.03. The molecule has 0 saturated heterocycles. The van der Waals surface area contributed by atoms with Crippen LogP contribution in [-0.4, -0.2) is 28.7 Å². The van der Waals surface area contributed by atoms with Gasteiger partial charge in [0.1, 0.15) is 5.82 Å². The summed E-state index contributed by atoms with van der Waals surface area (Å²) in [6.45, 7) is 0.328. The first-order valence-corrected chi connectivity index (χ1v) is 5.42. The molecule has 0 bridgehead atoms. The maximum Gasteiger partial charge on any atom is 0.422 e. The predicted molar refractivity (Wildman–Crippen MR) is 60.3 cm³/mol. The normalized spacial score (nSPS) is 14.4. The topological polar surface area (TPSA) is 66.4 Å². The quantitative estimate of drug-likeness (QED) is 0.833. The van der Waals surface area contributed by atoms with Gasteiger partial charge in [-0.2, -0.15) is 13.2 Å². The van der Waals surface area contributed by atoms with Gasteiger partial charge in [-0.05, 0) is 18.6 Å². The van der Waals surface area contributed by atoms with E-state index in [4.69, 9.17) is 5.11 Å². The van der Waals surface area contributed by atoms with Crippen LogP contribution in [0.4, 0.5) is 17.6 Å². The summed E-state index contributed by atoms with van der Waals surface area (Å²) >= 11 is 0. The van der Waals surface area contributed by atoms with E-state index in [1.165, 1.54) is 23.5 Å². The van der Waals surface area contributed by atoms with Gasteiger partial charge in [0.2, 0.25) is 11.4 Å². The van der Waals surface area contributed by atoms with Crippen molar-refractivity contribution in [3.8, 4) is 0 Å². The minimum Gasteiger partial charge on any atom is -0.479 e. The lowest BCUT2D eigenvalue weighted by atomic mass is 10.0. The lowest BCUT2D eigenvalue weighted by Crippen LogP contribution is -2.62. The van der Waals surface area contributed by atoms with Crippen LogP contribution >= 0.6 is 0 Å². The Hall–Kier alpha value is -2.12. The Morgan fingerprint density at radius 3 is 2.25 bits per heavy atom. The molecule has 1 atom stereocenters. The number of hydrogen-bond donors (Lipinski definition) is 2. The minimum atomic E-state index is -5.18. The van der Waals surface area contributed by atoms with Crippen LogP contribution in [0.5, 0.6) is 0 Å². The molecule has 1 unspecified atom stereocenters. The first-order chi connectivity index (χ1) is 9.08. The molecule has 8 heteroatoms. The Bertz CT molecular complexity index is 530. The van der Waals surface area contributed by atoms with Gasteiger partial charge in [-0.3, -0.25) is 4.79 Å². The maximum atomic E-state index is 13.3. The molecule has 110 valence electrons. The molecule has 1 amide bonds. The number of carbonyl (C=O) groups is 2. The van der Waals surface area contributed by atoms with Gasteiger partial charge in [0, 0.05) is 0 Å². The van der Waals surface area contributed by atoms with Crippen molar-refractivity contribution in [3.05, 3.63) is 35.6 Å². The van der Waals surface area contributed by atoms with Gasteiger partial charge in [0.25, 0.3) is 0 Å². The fraction of sp³-hybridized carbons (Fsp3) is 0.333. The van der Waals surface area contributed by atoms with Crippen LogP contribution in [-0.2, 0) is 16.0 Å². The van der Waals surface area contributed by atoms with E-state index in [1.807, 2.05) is 0 Å². The molecule has 4 nitrogen and oxygen atoms in total. The van der Waals surface area contributed by atoms with Crippen LogP contribution in [0, 0.1) is 5.82 Å². The number of hydrogen-bond acceptors (Lipinski definition) is 2. The van der Waals surface area contributed by atoms with Crippen LogP contribution in [0.25, 0.3) is 0 Å². The second kappa shape index (κ2) is 5.48. The second-order valence-corrected chi connectivity index (χ2v) is 4.24. The van der Waals surface area contributed by atoms with Crippen molar-refractivity contribution < 1.29 is 32.3 Å². The highest BCUT2D eigenvalue weighted by atomic mass is 19.4. The van der Waals surface area contributed by atoms with Crippen LogP contribution in [0.3, 0.4) is 0 Å². The molecule has 0 radical (unpaired) electrons. The first-order valence-electron chi connectivity index (χ1n) is 5.42. The number of halogens is 4. The van der Waals surface area contributed by atoms with Crippen molar-refractivity contribution in [1.82, 2.24) is 5.32 Å². The van der Waals surface area contributed by atoms with E-state index in [0.717, 1.165) is 6.07 Å². The van der Waals surface area contributed by atoms with Crippen LogP contribution in [0.1, 0.15) is 12.5 Å². The molecule has 0 spiro atoms. The minimum absolute atomic E-state index is 0.125. The van der Waals surface area contributed by atoms with E-state index in [1.54, 1.807) is 0 Å². The van der Waals surface area contributed by atoms with Gasteiger partial charge in [-0.25, -0.2) is 9.18 Å². The van der Waals surface area contributed by atoms with E-state index < -0.39 is 35.8 Å². The molecular formula is C12H11F4NO3. The number of aliphatic carboxylic acids is 1. The molecule has 0 heterocycles. The van der Waals surface area contributed by atoms with E-state index in [0.29, 0.717) is 6.92 Å². The van der Waals surface area contributed by atoms with Gasteiger partial charge < -0.3 is 10.4 Å². The van der Waals surface area contributed by atoms with Gasteiger partial charge >= 0.3 is 12.1 Å². The Kier molecular flexibility index (Phi) is 4.36. The predicted octanol–water partition coefficient (Wildman–Crippen LogP) is 1.89. The summed E-state index contributed by atoms with van der Waals surface area (Å²) < 4.78 is 51.2. The smallest absolute Gasteiger partial charge is 0.422 e. The highest BCUT2D eigenvalue weighted by Gasteiger charge is 2.58. The van der Waals surface area contributed by atoms with Crippen LogP contribution in [0.15, 0.2) is 24.3 Å². The zero-order valence-corrected chi connectivity index (χ0v) is 10.3. The summed E-state index contributed by atoms with van der Waals surface area (Å²) in [7, 11) is 0. The SMILES string of the molecule is CC(NC(=O)Cc1ccccc1F)(C(=O)O)C(F)(F)F. The maximum absolute atomic E-state index is 13.3. The standard InChI is InChI=1S/C12H11F4NO3/c1-11(10(19)20,12(14,15)16)17-9(18)6-7-4-2-3-5-8(7)13/h2-5H,6H2,1H3,(H,17,18)(H,19,20). The monoisotopic (exact) mass is 293 g/mol. The highest BCUT2D eigenvalue weighted by molar-refractivity contribution is 5.88. The van der Waals surface area contributed by atoms with Gasteiger partial charge in [0.15, 0.2) is 0 Å². The van der Waals surface area contributed by atoms with E-state index in [9.17, 15) is 27.2 Å². The number of alkyl halides is 3. The molecule has 2 N–H and O–H groups in total. The third kappa shape index (κ3) is 3.25. The molecule has 0 aliphatic heterocycles. The van der Waals surface area contributed by atoms with Crippen molar-refractivity contribution >= 4 is 11.9 Å². The van der Waals surface area contributed by atoms with Crippen molar-refractivity contribution in [2.75, 3.05) is 0 Å². The Morgan fingerprint density at radius 1 is 1.25 bits per heavy atom. The number of carboxylic acid groups (broad SMARTS) is 1. The summed E-state index contributed by atoms with van der Waals surface area (Å²) in [5.74, 6) is -4.24. The molecule has 0 saturated carbocycles. The molecule has 1 rings (SSSR count). The van der Waals surface area contributed by atoms with E-state index >= 15 is 0 Å².